The molecule has 2 aromatic heterocycles. The molecule has 2 N–H and O–H groups in total. The van der Waals surface area contributed by atoms with Crippen LogP contribution in [0.3, 0.4) is 0 Å². The van der Waals surface area contributed by atoms with E-state index in [9.17, 15) is 0 Å². The van der Waals surface area contributed by atoms with Gasteiger partial charge in [0.2, 0.25) is 5.13 Å². The van der Waals surface area contributed by atoms with E-state index >= 15 is 0 Å². The molecule has 0 aliphatic heterocycles. The van der Waals surface area contributed by atoms with Gasteiger partial charge in [-0.25, -0.2) is 9.97 Å². The smallest absolute Gasteiger partial charge is 0.215 e. The summed E-state index contributed by atoms with van der Waals surface area (Å²) in [6.07, 6.45) is 2.70. The van der Waals surface area contributed by atoms with Crippen LogP contribution in [0.1, 0.15) is 25.0 Å². The molecule has 0 amide bonds. The summed E-state index contributed by atoms with van der Waals surface area (Å²) in [5.74, 6) is 1.86. The lowest BCUT2D eigenvalue weighted by Gasteiger charge is -2.03. The van der Waals surface area contributed by atoms with Gasteiger partial charge in [-0.2, -0.15) is 4.37 Å². The highest BCUT2D eigenvalue weighted by Gasteiger charge is 2.15. The van der Waals surface area contributed by atoms with Crippen molar-refractivity contribution in [2.24, 2.45) is 5.73 Å². The van der Waals surface area contributed by atoms with E-state index in [1.165, 1.54) is 11.5 Å². The Morgan fingerprint density at radius 1 is 1.20 bits per heavy atom. The topological polar surface area (TPSA) is 69.6 Å². The number of aryl methyl sites for hydroxylation is 1. The highest BCUT2D eigenvalue weighted by molar-refractivity contribution is 7.08. The van der Waals surface area contributed by atoms with Crippen LogP contribution in [-0.4, -0.2) is 25.5 Å². The molecule has 0 bridgehead atoms. The predicted octanol–water partition coefficient (Wildman–Crippen LogP) is 2.33. The molecule has 5 nitrogen and oxygen atoms in total. The quantitative estimate of drug-likeness (QED) is 0.782. The lowest BCUT2D eigenvalue weighted by atomic mass is 10.3. The van der Waals surface area contributed by atoms with Gasteiger partial charge in [0, 0.05) is 24.4 Å². The van der Waals surface area contributed by atoms with Gasteiger partial charge < -0.3 is 5.73 Å². The normalized spacial score (nSPS) is 11.3. The van der Waals surface area contributed by atoms with Crippen molar-refractivity contribution in [3.05, 3.63) is 35.9 Å². The van der Waals surface area contributed by atoms with Crippen LogP contribution in [0.25, 0.3) is 16.2 Å². The highest BCUT2D eigenvalue weighted by atomic mass is 32.1. The van der Waals surface area contributed by atoms with Crippen molar-refractivity contribution in [3.8, 4) is 5.13 Å². The first-order valence-electron chi connectivity index (χ1n) is 6.83. The van der Waals surface area contributed by atoms with Gasteiger partial charge in [-0.3, -0.25) is 4.57 Å². The molecule has 3 rings (SSSR count). The van der Waals surface area contributed by atoms with Crippen molar-refractivity contribution in [3.63, 3.8) is 0 Å². The molecule has 0 saturated carbocycles. The van der Waals surface area contributed by atoms with Crippen molar-refractivity contribution in [1.82, 2.24) is 18.9 Å². The van der Waals surface area contributed by atoms with Gasteiger partial charge in [0.25, 0.3) is 0 Å². The summed E-state index contributed by atoms with van der Waals surface area (Å²) in [6.45, 7) is 2.71. The minimum atomic E-state index is 0.573. The molecule has 3 aromatic rings. The summed E-state index contributed by atoms with van der Waals surface area (Å²) in [6, 6.07) is 8.08. The van der Waals surface area contributed by atoms with Gasteiger partial charge in [0.15, 0.2) is 0 Å². The van der Waals surface area contributed by atoms with Crippen LogP contribution in [0.2, 0.25) is 0 Å². The molecule has 20 heavy (non-hydrogen) atoms. The Hall–Kier alpha value is -1.79. The van der Waals surface area contributed by atoms with Gasteiger partial charge in [-0.1, -0.05) is 19.1 Å². The second kappa shape index (κ2) is 5.68. The SMILES string of the molecule is CCCc1nsc(-n2c(CCN)nc3ccccc32)n1. The number of fused-ring (bicyclic) bond motifs is 1. The Morgan fingerprint density at radius 3 is 2.85 bits per heavy atom. The highest BCUT2D eigenvalue weighted by Crippen LogP contribution is 2.23. The van der Waals surface area contributed by atoms with Crippen molar-refractivity contribution in [1.29, 1.82) is 0 Å². The summed E-state index contributed by atoms with van der Waals surface area (Å²) in [5.41, 5.74) is 7.74. The summed E-state index contributed by atoms with van der Waals surface area (Å²) < 4.78 is 6.50. The van der Waals surface area contributed by atoms with E-state index < -0.39 is 0 Å². The zero-order chi connectivity index (χ0) is 13.9. The van der Waals surface area contributed by atoms with E-state index in [-0.39, 0.29) is 0 Å². The van der Waals surface area contributed by atoms with E-state index in [1.807, 2.05) is 18.2 Å². The zero-order valence-corrected chi connectivity index (χ0v) is 12.2. The number of hydrogen-bond donors (Lipinski definition) is 1. The minimum absolute atomic E-state index is 0.573. The van der Waals surface area contributed by atoms with Gasteiger partial charge in [-0.05, 0) is 25.1 Å². The first kappa shape index (κ1) is 13.2. The standard InChI is InChI=1S/C14H17N5S/c1-2-5-12-17-14(20-18-12)19-11-7-4-3-6-10(11)16-13(19)8-9-15/h3-4,6-7H,2,5,8-9,15H2,1H3. The number of para-hydroxylation sites is 2. The first-order valence-corrected chi connectivity index (χ1v) is 7.60. The molecule has 6 heteroatoms. The summed E-state index contributed by atoms with van der Waals surface area (Å²) in [7, 11) is 0. The zero-order valence-electron chi connectivity index (χ0n) is 11.4. The van der Waals surface area contributed by atoms with E-state index in [1.54, 1.807) is 0 Å². The fraction of sp³-hybridized carbons (Fsp3) is 0.357. The lowest BCUT2D eigenvalue weighted by Crippen LogP contribution is -2.09. The van der Waals surface area contributed by atoms with E-state index in [0.29, 0.717) is 6.54 Å². The maximum Gasteiger partial charge on any atom is 0.215 e. The minimum Gasteiger partial charge on any atom is -0.330 e. The van der Waals surface area contributed by atoms with E-state index in [4.69, 9.17) is 5.73 Å². The Kier molecular flexibility index (Phi) is 3.75. The number of imidazole rings is 1. The Morgan fingerprint density at radius 2 is 2.05 bits per heavy atom. The van der Waals surface area contributed by atoms with Crippen molar-refractivity contribution in [2.75, 3.05) is 6.54 Å². The van der Waals surface area contributed by atoms with Crippen LogP contribution < -0.4 is 5.73 Å². The van der Waals surface area contributed by atoms with Crippen LogP contribution in [-0.2, 0) is 12.8 Å². The molecule has 0 fully saturated rings. The fourth-order valence-corrected chi connectivity index (χ4v) is 3.00. The van der Waals surface area contributed by atoms with Crippen LogP contribution in [0.15, 0.2) is 24.3 Å². The molecule has 0 spiro atoms. The molecule has 0 saturated heterocycles. The maximum atomic E-state index is 5.70. The second-order valence-corrected chi connectivity index (χ2v) is 5.36. The van der Waals surface area contributed by atoms with Gasteiger partial charge in [0.05, 0.1) is 11.0 Å². The molecule has 1 aromatic carbocycles. The summed E-state index contributed by atoms with van der Waals surface area (Å²) >= 11 is 1.42. The molecule has 0 unspecified atom stereocenters. The Balaban J connectivity index is 2.13. The summed E-state index contributed by atoms with van der Waals surface area (Å²) in [5, 5.41) is 0.880. The van der Waals surface area contributed by atoms with Crippen LogP contribution in [0.4, 0.5) is 0 Å². The average molecular weight is 287 g/mol. The Labute approximate surface area is 121 Å². The average Bonchev–Trinajstić information content (AvgIpc) is 3.03. The third-order valence-electron chi connectivity index (χ3n) is 3.12. The van der Waals surface area contributed by atoms with Crippen molar-refractivity contribution >= 4 is 22.6 Å². The maximum absolute atomic E-state index is 5.70. The number of aromatic nitrogens is 4. The Bertz CT molecular complexity index is 715. The lowest BCUT2D eigenvalue weighted by molar-refractivity contribution is 0.825. The second-order valence-electron chi connectivity index (χ2n) is 4.63. The molecular formula is C14H17N5S. The molecular weight excluding hydrogens is 270 g/mol. The number of nitrogens with two attached hydrogens (primary N) is 1. The van der Waals surface area contributed by atoms with Crippen molar-refractivity contribution in [2.45, 2.75) is 26.2 Å². The van der Waals surface area contributed by atoms with Crippen LogP contribution >= 0.6 is 11.5 Å². The molecule has 0 atom stereocenters. The molecule has 0 aliphatic rings. The molecule has 0 aliphatic carbocycles. The van der Waals surface area contributed by atoms with Crippen LogP contribution in [0, 0.1) is 0 Å². The van der Waals surface area contributed by atoms with E-state index in [0.717, 1.165) is 47.1 Å². The predicted molar refractivity (Wildman–Crippen MR) is 81.3 cm³/mol. The van der Waals surface area contributed by atoms with Gasteiger partial charge in [-0.15, -0.1) is 0 Å². The fourth-order valence-electron chi connectivity index (χ4n) is 2.25. The van der Waals surface area contributed by atoms with Crippen LogP contribution in [0.5, 0.6) is 0 Å². The third kappa shape index (κ3) is 2.32. The number of benzene rings is 1. The number of hydrogen-bond acceptors (Lipinski definition) is 5. The molecule has 104 valence electrons. The number of nitrogens with zero attached hydrogens (tertiary/aromatic N) is 4. The first-order chi connectivity index (χ1) is 9.83. The van der Waals surface area contributed by atoms with Crippen molar-refractivity contribution < 1.29 is 0 Å². The monoisotopic (exact) mass is 287 g/mol. The third-order valence-corrected chi connectivity index (χ3v) is 3.86. The molecule has 0 radical (unpaired) electrons. The van der Waals surface area contributed by atoms with E-state index in [2.05, 4.69) is 31.9 Å². The van der Waals surface area contributed by atoms with Gasteiger partial charge in [0.1, 0.15) is 11.6 Å². The summed E-state index contributed by atoms with van der Waals surface area (Å²) in [4.78, 5) is 9.28. The largest absolute Gasteiger partial charge is 0.330 e. The number of rotatable bonds is 5. The molecule has 2 heterocycles. The van der Waals surface area contributed by atoms with Gasteiger partial charge >= 0.3 is 0 Å².